The first-order valence-electron chi connectivity index (χ1n) is 7.80. The predicted molar refractivity (Wildman–Crippen MR) is 73.2 cm³/mol. The van der Waals surface area contributed by atoms with Crippen molar-refractivity contribution in [2.24, 2.45) is 17.3 Å². The van der Waals surface area contributed by atoms with Gasteiger partial charge in [-0.1, -0.05) is 31.9 Å². The van der Waals surface area contributed by atoms with Gasteiger partial charge in [-0.15, -0.1) is 0 Å². The molecule has 3 atom stereocenters. The number of aliphatic hydroxyl groups excluding tert-OH is 1. The van der Waals surface area contributed by atoms with Crippen LogP contribution in [-0.2, 0) is 0 Å². The molecule has 2 aliphatic rings. The van der Waals surface area contributed by atoms with Gasteiger partial charge in [-0.05, 0) is 49.9 Å². The number of hydrogen-bond donors (Lipinski definition) is 1. The van der Waals surface area contributed by atoms with Crippen LogP contribution in [0.5, 0.6) is 0 Å². The monoisotopic (exact) mass is 290 g/mol. The molecule has 0 radical (unpaired) electrons. The predicted octanol–water partition coefficient (Wildman–Crippen LogP) is 4.85. The summed E-state index contributed by atoms with van der Waals surface area (Å²) in [7, 11) is 0. The van der Waals surface area contributed by atoms with Crippen LogP contribution < -0.4 is 0 Å². The van der Waals surface area contributed by atoms with E-state index in [0.717, 1.165) is 25.7 Å². The van der Waals surface area contributed by atoms with Crippen LogP contribution in [0.3, 0.4) is 0 Å². The summed E-state index contributed by atoms with van der Waals surface area (Å²) in [5.41, 5.74) is 0.0312. The Labute approximate surface area is 119 Å². The molecule has 0 aliphatic heterocycles. The molecule has 2 fully saturated rings. The van der Waals surface area contributed by atoms with Gasteiger partial charge in [0, 0.05) is 0 Å². The lowest BCUT2D eigenvalue weighted by Gasteiger charge is -2.45. The first-order chi connectivity index (χ1) is 9.39. The molecule has 2 aliphatic carbocycles. The Morgan fingerprint density at radius 3 is 2.45 bits per heavy atom. The molecule has 4 heteroatoms. The highest BCUT2D eigenvalue weighted by atomic mass is 19.4. The van der Waals surface area contributed by atoms with Crippen molar-refractivity contribution < 1.29 is 18.3 Å². The fourth-order valence-electron chi connectivity index (χ4n) is 3.81. The summed E-state index contributed by atoms with van der Waals surface area (Å²) >= 11 is 0. The number of halogens is 3. The average Bonchev–Trinajstić information content (AvgIpc) is 2.76. The van der Waals surface area contributed by atoms with Crippen LogP contribution in [-0.4, -0.2) is 17.4 Å². The first-order valence-corrected chi connectivity index (χ1v) is 7.80. The Balaban J connectivity index is 1.87. The molecule has 0 aromatic heterocycles. The summed E-state index contributed by atoms with van der Waals surface area (Å²) in [5.74, 6) is -1.57. The minimum atomic E-state index is -4.08. The molecule has 0 aromatic carbocycles. The van der Waals surface area contributed by atoms with Crippen LogP contribution in [0.2, 0.25) is 0 Å². The number of aliphatic hydroxyl groups is 1. The average molecular weight is 290 g/mol. The Morgan fingerprint density at radius 1 is 1.25 bits per heavy atom. The minimum Gasteiger partial charge on any atom is -0.392 e. The van der Waals surface area contributed by atoms with Crippen molar-refractivity contribution in [2.45, 2.75) is 70.6 Å². The van der Waals surface area contributed by atoms with Gasteiger partial charge in [-0.25, -0.2) is 0 Å². The van der Waals surface area contributed by atoms with Crippen LogP contribution >= 0.6 is 0 Å². The number of alkyl halides is 3. The second-order valence-corrected chi connectivity index (χ2v) is 6.49. The third-order valence-electron chi connectivity index (χ3n) is 5.49. The van der Waals surface area contributed by atoms with Gasteiger partial charge >= 0.3 is 6.18 Å². The standard InChI is InChI=1S/C16H25F3O/c1-2-15(10-5-11-15)14(20)9-4-7-12-6-3-8-13(12)16(17,18)19/h4,7,12-14,20H,2-3,5-6,8-11H2,1H3/b7-4+/t12-,13?,14?/m0/s1. The topological polar surface area (TPSA) is 20.2 Å². The quantitative estimate of drug-likeness (QED) is 0.717. The molecule has 0 amide bonds. The van der Waals surface area contributed by atoms with Crippen LogP contribution in [0.25, 0.3) is 0 Å². The smallest absolute Gasteiger partial charge is 0.392 e. The molecule has 0 aromatic rings. The molecule has 0 saturated heterocycles. The van der Waals surface area contributed by atoms with Crippen LogP contribution in [0, 0.1) is 17.3 Å². The van der Waals surface area contributed by atoms with Gasteiger partial charge in [0.05, 0.1) is 12.0 Å². The molecule has 0 spiro atoms. The summed E-state index contributed by atoms with van der Waals surface area (Å²) in [4.78, 5) is 0. The summed E-state index contributed by atoms with van der Waals surface area (Å²) < 4.78 is 38.5. The highest BCUT2D eigenvalue weighted by Crippen LogP contribution is 2.48. The highest BCUT2D eigenvalue weighted by molar-refractivity contribution is 5.01. The van der Waals surface area contributed by atoms with Gasteiger partial charge in [0.2, 0.25) is 0 Å². The molecule has 116 valence electrons. The SMILES string of the molecule is CCC1(C(O)C/C=C/[C@@H]2CCCC2C(F)(F)F)CCC1. The van der Waals surface area contributed by atoms with Gasteiger partial charge in [0.25, 0.3) is 0 Å². The Morgan fingerprint density at radius 2 is 1.95 bits per heavy atom. The normalized spacial score (nSPS) is 31.4. The van der Waals surface area contributed by atoms with Gasteiger partial charge in [-0.3, -0.25) is 0 Å². The largest absolute Gasteiger partial charge is 0.392 e. The Kier molecular flexibility index (Phi) is 4.83. The van der Waals surface area contributed by atoms with E-state index in [0.29, 0.717) is 19.3 Å². The summed E-state index contributed by atoms with van der Waals surface area (Å²) in [6.45, 7) is 2.09. The number of rotatable bonds is 5. The molecule has 20 heavy (non-hydrogen) atoms. The molecule has 0 heterocycles. The molecular weight excluding hydrogens is 265 g/mol. The van der Waals surface area contributed by atoms with Crippen molar-refractivity contribution in [3.8, 4) is 0 Å². The Bertz CT molecular complexity index is 339. The van der Waals surface area contributed by atoms with E-state index in [-0.39, 0.29) is 17.8 Å². The van der Waals surface area contributed by atoms with E-state index in [1.807, 2.05) is 0 Å². The first kappa shape index (κ1) is 15.9. The maximum Gasteiger partial charge on any atom is 0.392 e. The number of allylic oxidation sites excluding steroid dienone is 1. The molecular formula is C16H25F3O. The molecule has 1 nitrogen and oxygen atoms in total. The number of hydrogen-bond acceptors (Lipinski definition) is 1. The molecule has 1 N–H and O–H groups in total. The molecule has 0 bridgehead atoms. The Hall–Kier alpha value is -0.510. The maximum atomic E-state index is 12.8. The van der Waals surface area contributed by atoms with E-state index in [2.05, 4.69) is 6.92 Å². The molecule has 2 saturated carbocycles. The maximum absolute atomic E-state index is 12.8. The zero-order valence-electron chi connectivity index (χ0n) is 12.1. The summed E-state index contributed by atoms with van der Waals surface area (Å²) in [6, 6.07) is 0. The molecule has 2 rings (SSSR count). The lowest BCUT2D eigenvalue weighted by Crippen LogP contribution is -2.40. The molecule has 2 unspecified atom stereocenters. The van der Waals surface area contributed by atoms with E-state index in [1.54, 1.807) is 12.2 Å². The summed E-state index contributed by atoms with van der Waals surface area (Å²) in [5, 5.41) is 10.2. The van der Waals surface area contributed by atoms with Gasteiger partial charge in [0.15, 0.2) is 0 Å². The van der Waals surface area contributed by atoms with Crippen molar-refractivity contribution in [1.82, 2.24) is 0 Å². The lowest BCUT2D eigenvalue weighted by molar-refractivity contribution is -0.179. The third kappa shape index (κ3) is 3.21. The van der Waals surface area contributed by atoms with E-state index in [4.69, 9.17) is 0 Å². The second-order valence-electron chi connectivity index (χ2n) is 6.49. The fraction of sp³-hybridized carbons (Fsp3) is 0.875. The minimum absolute atomic E-state index is 0.0312. The van der Waals surface area contributed by atoms with Crippen molar-refractivity contribution in [2.75, 3.05) is 0 Å². The van der Waals surface area contributed by atoms with E-state index < -0.39 is 18.2 Å². The second kappa shape index (κ2) is 6.08. The highest BCUT2D eigenvalue weighted by Gasteiger charge is 2.46. The van der Waals surface area contributed by atoms with Gasteiger partial charge in [0.1, 0.15) is 0 Å². The van der Waals surface area contributed by atoms with Crippen molar-refractivity contribution >= 4 is 0 Å². The van der Waals surface area contributed by atoms with E-state index in [9.17, 15) is 18.3 Å². The zero-order valence-corrected chi connectivity index (χ0v) is 12.1. The van der Waals surface area contributed by atoms with Crippen molar-refractivity contribution in [3.63, 3.8) is 0 Å². The van der Waals surface area contributed by atoms with Crippen molar-refractivity contribution in [3.05, 3.63) is 12.2 Å². The van der Waals surface area contributed by atoms with Crippen LogP contribution in [0.1, 0.15) is 58.3 Å². The lowest BCUT2D eigenvalue weighted by atomic mass is 9.63. The van der Waals surface area contributed by atoms with Gasteiger partial charge in [-0.2, -0.15) is 13.2 Å². The van der Waals surface area contributed by atoms with Gasteiger partial charge < -0.3 is 5.11 Å². The van der Waals surface area contributed by atoms with Crippen molar-refractivity contribution in [1.29, 1.82) is 0 Å². The summed E-state index contributed by atoms with van der Waals surface area (Å²) in [6.07, 6.45) is 5.24. The van der Waals surface area contributed by atoms with E-state index >= 15 is 0 Å². The van der Waals surface area contributed by atoms with Crippen LogP contribution in [0.15, 0.2) is 12.2 Å². The van der Waals surface area contributed by atoms with E-state index in [1.165, 1.54) is 0 Å². The van der Waals surface area contributed by atoms with Crippen LogP contribution in [0.4, 0.5) is 13.2 Å². The zero-order chi connectivity index (χ0) is 14.8. The third-order valence-corrected chi connectivity index (χ3v) is 5.49. The fourth-order valence-corrected chi connectivity index (χ4v) is 3.81.